The molecule has 0 spiro atoms. The maximum atomic E-state index is 12.9. The van der Waals surface area contributed by atoms with Gasteiger partial charge in [-0.3, -0.25) is 9.10 Å². The first-order chi connectivity index (χ1) is 13.3. The van der Waals surface area contributed by atoms with Crippen LogP contribution in [0.5, 0.6) is 0 Å². The molecule has 0 radical (unpaired) electrons. The van der Waals surface area contributed by atoms with E-state index in [9.17, 15) is 13.2 Å². The first-order valence-corrected chi connectivity index (χ1v) is 11.5. The van der Waals surface area contributed by atoms with Crippen LogP contribution in [0.4, 0.5) is 17.1 Å². The van der Waals surface area contributed by atoms with E-state index in [4.69, 9.17) is 0 Å². The quantitative estimate of drug-likeness (QED) is 0.857. The maximum Gasteiger partial charge on any atom is 0.255 e. The zero-order valence-corrected chi connectivity index (χ0v) is 17.0. The minimum absolute atomic E-state index is 0.140. The highest BCUT2D eigenvalue weighted by Crippen LogP contribution is 2.35. The van der Waals surface area contributed by atoms with E-state index >= 15 is 0 Å². The van der Waals surface area contributed by atoms with Crippen molar-refractivity contribution in [1.29, 1.82) is 0 Å². The lowest BCUT2D eigenvalue weighted by Gasteiger charge is -2.22. The number of fused-ring (bicyclic) bond motifs is 1. The number of anilines is 3. The third-order valence-corrected chi connectivity index (χ3v) is 6.72. The summed E-state index contributed by atoms with van der Waals surface area (Å²) in [6.45, 7) is 3.89. The lowest BCUT2D eigenvalue weighted by Crippen LogP contribution is -2.34. The summed E-state index contributed by atoms with van der Waals surface area (Å²) in [7, 11) is -3.33. The molecule has 1 amide bonds. The highest BCUT2D eigenvalue weighted by Gasteiger charge is 2.32. The molecule has 1 saturated heterocycles. The summed E-state index contributed by atoms with van der Waals surface area (Å²) in [6, 6.07) is 13.0. The fourth-order valence-corrected chi connectivity index (χ4v) is 5.52. The summed E-state index contributed by atoms with van der Waals surface area (Å²) in [5, 5.41) is 3.04. The van der Waals surface area contributed by atoms with Gasteiger partial charge in [-0.2, -0.15) is 0 Å². The zero-order valence-electron chi connectivity index (χ0n) is 16.2. The number of rotatable bonds is 4. The Morgan fingerprint density at radius 3 is 2.50 bits per heavy atom. The van der Waals surface area contributed by atoms with E-state index < -0.39 is 10.0 Å². The molecule has 0 aliphatic carbocycles. The Labute approximate surface area is 166 Å². The Morgan fingerprint density at radius 2 is 1.79 bits per heavy atom. The van der Waals surface area contributed by atoms with Gasteiger partial charge in [-0.1, -0.05) is 12.1 Å². The topological polar surface area (TPSA) is 69.7 Å². The van der Waals surface area contributed by atoms with E-state index in [1.165, 1.54) is 23.4 Å². The zero-order chi connectivity index (χ0) is 19.9. The molecule has 2 aromatic carbocycles. The molecule has 4 rings (SSSR count). The maximum absolute atomic E-state index is 12.9. The van der Waals surface area contributed by atoms with Gasteiger partial charge in [0.05, 0.1) is 23.3 Å². The molecule has 1 N–H and O–H groups in total. The van der Waals surface area contributed by atoms with E-state index in [1.807, 2.05) is 37.3 Å². The molecule has 1 unspecified atom stereocenters. The van der Waals surface area contributed by atoms with Gasteiger partial charge in [0, 0.05) is 24.7 Å². The highest BCUT2D eigenvalue weighted by atomic mass is 32.2. The van der Waals surface area contributed by atoms with Crippen LogP contribution in [0.2, 0.25) is 0 Å². The third-order valence-electron chi connectivity index (χ3n) is 5.45. The molecular weight excluding hydrogens is 374 g/mol. The van der Waals surface area contributed by atoms with Gasteiger partial charge in [-0.05, 0) is 62.1 Å². The summed E-state index contributed by atoms with van der Waals surface area (Å²) < 4.78 is 25.6. The van der Waals surface area contributed by atoms with Crippen molar-refractivity contribution >= 4 is 33.0 Å². The van der Waals surface area contributed by atoms with Crippen LogP contribution in [0, 0.1) is 0 Å². The molecule has 2 aliphatic heterocycles. The normalized spacial score (nSPS) is 19.0. The number of carbonyl (C=O) groups is 1. The number of nitrogens with one attached hydrogen (secondary N) is 1. The van der Waals surface area contributed by atoms with Crippen LogP contribution in [0.25, 0.3) is 0 Å². The van der Waals surface area contributed by atoms with E-state index in [0.717, 1.165) is 30.0 Å². The molecule has 0 bridgehead atoms. The minimum Gasteiger partial charge on any atom is -0.370 e. The van der Waals surface area contributed by atoms with E-state index in [-0.39, 0.29) is 11.9 Å². The number of amides is 1. The van der Waals surface area contributed by atoms with Crippen LogP contribution in [0.15, 0.2) is 42.5 Å². The van der Waals surface area contributed by atoms with Crippen molar-refractivity contribution in [2.45, 2.75) is 32.2 Å². The van der Waals surface area contributed by atoms with Gasteiger partial charge in [0.2, 0.25) is 10.0 Å². The van der Waals surface area contributed by atoms with Crippen molar-refractivity contribution in [3.05, 3.63) is 53.6 Å². The Kier molecular flexibility index (Phi) is 4.79. The number of hydrogen-bond donors (Lipinski definition) is 1. The van der Waals surface area contributed by atoms with E-state index in [2.05, 4.69) is 10.2 Å². The third kappa shape index (κ3) is 3.46. The average molecular weight is 400 g/mol. The number of benzene rings is 2. The number of nitrogens with zero attached hydrogens (tertiary/aromatic N) is 2. The Balaban J connectivity index is 1.59. The van der Waals surface area contributed by atoms with Gasteiger partial charge >= 0.3 is 0 Å². The van der Waals surface area contributed by atoms with Crippen molar-refractivity contribution in [2.24, 2.45) is 0 Å². The van der Waals surface area contributed by atoms with Crippen LogP contribution in [-0.4, -0.2) is 39.7 Å². The van der Waals surface area contributed by atoms with Crippen LogP contribution >= 0.6 is 0 Å². The van der Waals surface area contributed by atoms with Crippen molar-refractivity contribution < 1.29 is 13.2 Å². The van der Waals surface area contributed by atoms with Crippen LogP contribution in [0.3, 0.4) is 0 Å². The molecule has 1 atom stereocenters. The fraction of sp³-hybridized carbons (Fsp3) is 0.381. The molecular formula is C21H25N3O3S. The Bertz CT molecular complexity index is 1010. The largest absolute Gasteiger partial charge is 0.370 e. The first-order valence-electron chi connectivity index (χ1n) is 9.62. The van der Waals surface area contributed by atoms with Gasteiger partial charge in [-0.25, -0.2) is 8.42 Å². The number of carbonyl (C=O) groups excluding carboxylic acids is 1. The van der Waals surface area contributed by atoms with Gasteiger partial charge in [0.1, 0.15) is 0 Å². The lowest BCUT2D eigenvalue weighted by atomic mass is 10.1. The summed E-state index contributed by atoms with van der Waals surface area (Å²) in [4.78, 5) is 15.2. The molecule has 2 aromatic rings. The molecule has 7 heteroatoms. The Hall–Kier alpha value is -2.54. The number of para-hydroxylation sites is 2. The summed E-state index contributed by atoms with van der Waals surface area (Å²) in [6.07, 6.45) is 4.16. The molecule has 28 heavy (non-hydrogen) atoms. The first kappa shape index (κ1) is 18.8. The second-order valence-corrected chi connectivity index (χ2v) is 9.48. The van der Waals surface area contributed by atoms with E-state index in [1.54, 1.807) is 12.1 Å². The van der Waals surface area contributed by atoms with Crippen molar-refractivity contribution in [2.75, 3.05) is 33.9 Å². The molecule has 0 aromatic heterocycles. The van der Waals surface area contributed by atoms with Crippen LogP contribution in [-0.2, 0) is 16.4 Å². The molecule has 1 fully saturated rings. The summed E-state index contributed by atoms with van der Waals surface area (Å²) in [5.41, 5.74) is 3.95. The molecule has 148 valence electrons. The molecule has 2 heterocycles. The average Bonchev–Trinajstić information content (AvgIpc) is 3.27. The monoisotopic (exact) mass is 399 g/mol. The summed E-state index contributed by atoms with van der Waals surface area (Å²) in [5.74, 6) is -0.181. The van der Waals surface area contributed by atoms with Crippen LogP contribution in [0.1, 0.15) is 35.7 Å². The molecule has 6 nitrogen and oxygen atoms in total. The van der Waals surface area contributed by atoms with Gasteiger partial charge in [0.15, 0.2) is 0 Å². The standard InChI is InChI=1S/C21H25N3O3S/c1-15-13-17-14-16(9-10-19(17)24(15)28(2,26)27)21(25)22-18-7-3-4-8-20(18)23-11-5-6-12-23/h3-4,7-10,14-15H,5-6,11-13H2,1-2H3,(H,22,25). The smallest absolute Gasteiger partial charge is 0.255 e. The number of hydrogen-bond acceptors (Lipinski definition) is 4. The van der Waals surface area contributed by atoms with Gasteiger partial charge in [-0.15, -0.1) is 0 Å². The van der Waals surface area contributed by atoms with Crippen molar-refractivity contribution in [3.8, 4) is 0 Å². The molecule has 0 saturated carbocycles. The fourth-order valence-electron chi connectivity index (χ4n) is 4.26. The number of sulfonamides is 1. The van der Waals surface area contributed by atoms with Crippen molar-refractivity contribution in [1.82, 2.24) is 0 Å². The van der Waals surface area contributed by atoms with Gasteiger partial charge in [0.25, 0.3) is 5.91 Å². The van der Waals surface area contributed by atoms with Gasteiger partial charge < -0.3 is 10.2 Å². The van der Waals surface area contributed by atoms with Crippen molar-refractivity contribution in [3.63, 3.8) is 0 Å². The molecule has 2 aliphatic rings. The summed E-state index contributed by atoms with van der Waals surface area (Å²) >= 11 is 0. The predicted octanol–water partition coefficient (Wildman–Crippen LogP) is 3.25. The predicted molar refractivity (Wildman–Crippen MR) is 113 cm³/mol. The highest BCUT2D eigenvalue weighted by molar-refractivity contribution is 7.92. The second-order valence-electron chi connectivity index (χ2n) is 7.62. The SMILES string of the molecule is CC1Cc2cc(C(=O)Nc3ccccc3N3CCCC3)ccc2N1S(C)(=O)=O. The second kappa shape index (κ2) is 7.13. The Morgan fingerprint density at radius 1 is 1.07 bits per heavy atom. The minimum atomic E-state index is -3.33. The lowest BCUT2D eigenvalue weighted by molar-refractivity contribution is 0.102. The van der Waals surface area contributed by atoms with E-state index in [0.29, 0.717) is 17.7 Å². The van der Waals surface area contributed by atoms with Crippen LogP contribution < -0.4 is 14.5 Å².